The van der Waals surface area contributed by atoms with Gasteiger partial charge in [-0.25, -0.2) is 8.78 Å². The lowest BCUT2D eigenvalue weighted by Crippen LogP contribution is -2.25. The highest BCUT2D eigenvalue weighted by molar-refractivity contribution is 6.21. The molecule has 0 bridgehead atoms. The van der Waals surface area contributed by atoms with Crippen LogP contribution >= 0.6 is 11.6 Å². The van der Waals surface area contributed by atoms with Gasteiger partial charge in [-0.1, -0.05) is 32.3 Å². The molecule has 1 fully saturated rings. The normalized spacial score (nSPS) is 21.2. The van der Waals surface area contributed by atoms with Crippen molar-refractivity contribution in [1.29, 1.82) is 0 Å². The Morgan fingerprint density at radius 2 is 1.76 bits per heavy atom. The van der Waals surface area contributed by atoms with Gasteiger partial charge in [0.2, 0.25) is 0 Å². The summed E-state index contributed by atoms with van der Waals surface area (Å²) in [6.45, 7) is 2.14. The number of alkyl halides is 1. The van der Waals surface area contributed by atoms with E-state index in [9.17, 15) is 8.78 Å². The van der Waals surface area contributed by atoms with E-state index >= 15 is 0 Å². The first kappa shape index (κ1) is 12.8. The van der Waals surface area contributed by atoms with Crippen molar-refractivity contribution in [3.8, 4) is 0 Å². The Labute approximate surface area is 106 Å². The second-order valence-corrected chi connectivity index (χ2v) is 5.69. The Hall–Kier alpha value is -0.630. The van der Waals surface area contributed by atoms with Crippen LogP contribution in [-0.4, -0.2) is 0 Å². The molecule has 0 spiro atoms. The number of halogens is 3. The minimum Gasteiger partial charge on any atom is -0.204 e. The van der Waals surface area contributed by atoms with Crippen molar-refractivity contribution >= 4 is 11.6 Å². The first-order valence-electron chi connectivity index (χ1n) is 6.12. The molecule has 1 saturated carbocycles. The Kier molecular flexibility index (Phi) is 3.72. The van der Waals surface area contributed by atoms with E-state index in [1.165, 1.54) is 25.3 Å². The molecule has 0 N–H and O–H groups in total. The highest BCUT2D eigenvalue weighted by atomic mass is 35.5. The van der Waals surface area contributed by atoms with Crippen molar-refractivity contribution < 1.29 is 8.78 Å². The van der Waals surface area contributed by atoms with Crippen LogP contribution in [-0.2, 0) is 0 Å². The third kappa shape index (κ3) is 2.62. The Morgan fingerprint density at radius 1 is 1.12 bits per heavy atom. The van der Waals surface area contributed by atoms with Gasteiger partial charge in [-0.2, -0.15) is 0 Å². The Morgan fingerprint density at radius 3 is 2.35 bits per heavy atom. The van der Waals surface area contributed by atoms with Crippen LogP contribution in [0.1, 0.15) is 50.0 Å². The second kappa shape index (κ2) is 4.93. The predicted octanol–water partition coefficient (Wildman–Crippen LogP) is 5.22. The third-order valence-corrected chi connectivity index (χ3v) is 4.62. The zero-order valence-corrected chi connectivity index (χ0v) is 10.7. The molecular formula is C14H17ClF2. The van der Waals surface area contributed by atoms with Crippen LogP contribution in [0.25, 0.3) is 0 Å². The summed E-state index contributed by atoms with van der Waals surface area (Å²) in [6.07, 6.45) is 5.70. The molecule has 94 valence electrons. The molecule has 1 aliphatic carbocycles. The predicted molar refractivity (Wildman–Crippen MR) is 66.1 cm³/mol. The molecular weight excluding hydrogens is 242 g/mol. The van der Waals surface area contributed by atoms with Crippen molar-refractivity contribution in [3.05, 3.63) is 35.4 Å². The van der Waals surface area contributed by atoms with Gasteiger partial charge in [-0.15, -0.1) is 11.6 Å². The summed E-state index contributed by atoms with van der Waals surface area (Å²) in [5, 5.41) is -0.238. The SMILES string of the molecule is CC1(C(Cl)c2ccc(F)c(F)c2)CCCCC1. The van der Waals surface area contributed by atoms with Crippen LogP contribution in [0.3, 0.4) is 0 Å². The molecule has 0 aliphatic heterocycles. The molecule has 1 aliphatic rings. The fourth-order valence-corrected chi connectivity index (χ4v) is 3.04. The molecule has 0 amide bonds. The van der Waals surface area contributed by atoms with Gasteiger partial charge in [0.05, 0.1) is 5.38 Å². The summed E-state index contributed by atoms with van der Waals surface area (Å²) >= 11 is 6.46. The molecule has 0 aromatic heterocycles. The summed E-state index contributed by atoms with van der Waals surface area (Å²) in [4.78, 5) is 0. The van der Waals surface area contributed by atoms with Gasteiger partial charge in [0.1, 0.15) is 0 Å². The van der Waals surface area contributed by atoms with E-state index in [-0.39, 0.29) is 10.8 Å². The van der Waals surface area contributed by atoms with Gasteiger partial charge < -0.3 is 0 Å². The van der Waals surface area contributed by atoms with Crippen LogP contribution in [0.4, 0.5) is 8.78 Å². The summed E-state index contributed by atoms with van der Waals surface area (Å²) < 4.78 is 26.1. The Balaban J connectivity index is 2.23. The molecule has 0 heterocycles. The van der Waals surface area contributed by atoms with E-state index in [1.807, 2.05) is 0 Å². The van der Waals surface area contributed by atoms with Crippen molar-refractivity contribution in [2.24, 2.45) is 5.41 Å². The lowest BCUT2D eigenvalue weighted by Gasteiger charge is -2.37. The van der Waals surface area contributed by atoms with Gasteiger partial charge in [0, 0.05) is 0 Å². The third-order valence-electron chi connectivity index (χ3n) is 3.84. The average molecular weight is 259 g/mol. The second-order valence-electron chi connectivity index (χ2n) is 5.25. The number of rotatable bonds is 2. The topological polar surface area (TPSA) is 0 Å². The molecule has 0 radical (unpaired) electrons. The largest absolute Gasteiger partial charge is 0.204 e. The first-order chi connectivity index (χ1) is 8.03. The standard InChI is InChI=1S/C14H17ClF2/c1-14(7-3-2-4-8-14)13(15)10-5-6-11(16)12(17)9-10/h5-6,9,13H,2-4,7-8H2,1H3. The zero-order valence-electron chi connectivity index (χ0n) is 9.98. The van der Waals surface area contributed by atoms with E-state index in [1.54, 1.807) is 6.07 Å². The maximum absolute atomic E-state index is 13.2. The number of hydrogen-bond donors (Lipinski definition) is 0. The van der Waals surface area contributed by atoms with Gasteiger partial charge in [0.25, 0.3) is 0 Å². The zero-order chi connectivity index (χ0) is 12.5. The molecule has 0 saturated heterocycles. The smallest absolute Gasteiger partial charge is 0.159 e. The van der Waals surface area contributed by atoms with Crippen LogP contribution in [0, 0.1) is 17.0 Å². The minimum atomic E-state index is -0.814. The number of hydrogen-bond acceptors (Lipinski definition) is 0. The summed E-state index contributed by atoms with van der Waals surface area (Å²) in [5.41, 5.74) is 0.694. The molecule has 1 unspecified atom stereocenters. The Bertz CT molecular complexity index is 397. The highest BCUT2D eigenvalue weighted by Gasteiger charge is 2.35. The van der Waals surface area contributed by atoms with E-state index in [0.717, 1.165) is 18.9 Å². The molecule has 0 nitrogen and oxygen atoms in total. The van der Waals surface area contributed by atoms with Crippen LogP contribution in [0.5, 0.6) is 0 Å². The molecule has 3 heteroatoms. The van der Waals surface area contributed by atoms with Crippen LogP contribution < -0.4 is 0 Å². The van der Waals surface area contributed by atoms with E-state index in [0.29, 0.717) is 5.56 Å². The quantitative estimate of drug-likeness (QED) is 0.639. The molecule has 1 aromatic rings. The maximum Gasteiger partial charge on any atom is 0.159 e. The van der Waals surface area contributed by atoms with Gasteiger partial charge in [0.15, 0.2) is 11.6 Å². The maximum atomic E-state index is 13.2. The van der Waals surface area contributed by atoms with E-state index in [2.05, 4.69) is 6.92 Å². The molecule has 1 aromatic carbocycles. The fraction of sp³-hybridized carbons (Fsp3) is 0.571. The lowest BCUT2D eigenvalue weighted by atomic mass is 9.71. The van der Waals surface area contributed by atoms with Crippen LogP contribution in [0.15, 0.2) is 18.2 Å². The summed E-state index contributed by atoms with van der Waals surface area (Å²) in [6, 6.07) is 3.98. The lowest BCUT2D eigenvalue weighted by molar-refractivity contribution is 0.206. The molecule has 1 atom stereocenters. The average Bonchev–Trinajstić information content (AvgIpc) is 2.33. The van der Waals surface area contributed by atoms with Crippen molar-refractivity contribution in [2.45, 2.75) is 44.4 Å². The number of benzene rings is 1. The monoisotopic (exact) mass is 258 g/mol. The van der Waals surface area contributed by atoms with Gasteiger partial charge >= 0.3 is 0 Å². The van der Waals surface area contributed by atoms with Crippen molar-refractivity contribution in [3.63, 3.8) is 0 Å². The summed E-state index contributed by atoms with van der Waals surface area (Å²) in [5.74, 6) is -1.63. The van der Waals surface area contributed by atoms with Crippen molar-refractivity contribution in [1.82, 2.24) is 0 Å². The molecule has 2 rings (SSSR count). The van der Waals surface area contributed by atoms with Crippen molar-refractivity contribution in [2.75, 3.05) is 0 Å². The van der Waals surface area contributed by atoms with E-state index < -0.39 is 11.6 Å². The van der Waals surface area contributed by atoms with Crippen LogP contribution in [0.2, 0.25) is 0 Å². The summed E-state index contributed by atoms with van der Waals surface area (Å²) in [7, 11) is 0. The first-order valence-corrected chi connectivity index (χ1v) is 6.56. The minimum absolute atomic E-state index is 0.00404. The highest BCUT2D eigenvalue weighted by Crippen LogP contribution is 2.49. The fourth-order valence-electron chi connectivity index (χ4n) is 2.69. The van der Waals surface area contributed by atoms with E-state index in [4.69, 9.17) is 11.6 Å². The van der Waals surface area contributed by atoms with Gasteiger partial charge in [-0.3, -0.25) is 0 Å². The molecule has 17 heavy (non-hydrogen) atoms. The van der Waals surface area contributed by atoms with Gasteiger partial charge in [-0.05, 0) is 36.0 Å².